The predicted octanol–water partition coefficient (Wildman–Crippen LogP) is -0.372. The van der Waals surface area contributed by atoms with Crippen molar-refractivity contribution in [1.29, 1.82) is 0 Å². The van der Waals surface area contributed by atoms with Gasteiger partial charge >= 0.3 is 0 Å². The number of H-pyrrole nitrogens is 1. The Labute approximate surface area is 58.5 Å². The molecule has 0 spiro atoms. The number of carbonyl (C=O) groups excluding carboxylic acids is 1. The number of nitrogens with one attached hydrogen (secondary N) is 1. The number of aromatic amines is 1. The van der Waals surface area contributed by atoms with Crippen LogP contribution in [0, 0.1) is 6.20 Å². The third kappa shape index (κ3) is 1.89. The van der Waals surface area contributed by atoms with Gasteiger partial charge in [0, 0.05) is 19.0 Å². The molecule has 0 saturated carbocycles. The number of amides is 1. The van der Waals surface area contributed by atoms with Crippen LogP contribution in [0.4, 0.5) is 0 Å². The van der Waals surface area contributed by atoms with Gasteiger partial charge in [0.2, 0.25) is 5.91 Å². The first-order valence-corrected chi connectivity index (χ1v) is 2.97. The molecule has 4 heteroatoms. The summed E-state index contributed by atoms with van der Waals surface area (Å²) in [5, 5.41) is 0. The number of primary amides is 1. The molecule has 1 amide bonds. The molecule has 0 saturated heterocycles. The van der Waals surface area contributed by atoms with E-state index in [0.717, 1.165) is 5.82 Å². The van der Waals surface area contributed by atoms with Crippen LogP contribution in [0.25, 0.3) is 0 Å². The van der Waals surface area contributed by atoms with Gasteiger partial charge in [-0.25, -0.2) is 4.98 Å². The van der Waals surface area contributed by atoms with Gasteiger partial charge in [-0.1, -0.05) is 0 Å². The molecule has 53 valence electrons. The summed E-state index contributed by atoms with van der Waals surface area (Å²) in [4.78, 5) is 16.9. The number of imidazole rings is 1. The molecule has 0 fully saturated rings. The number of aryl methyl sites for hydroxylation is 1. The third-order valence-electron chi connectivity index (χ3n) is 1.11. The number of rotatable bonds is 3. The largest absolute Gasteiger partial charge is 0.370 e. The van der Waals surface area contributed by atoms with Crippen LogP contribution < -0.4 is 5.73 Å². The van der Waals surface area contributed by atoms with Crippen molar-refractivity contribution in [3.05, 3.63) is 18.2 Å². The van der Waals surface area contributed by atoms with Gasteiger partial charge in [0.25, 0.3) is 0 Å². The number of aromatic nitrogens is 2. The fraction of sp³-hybridized carbons (Fsp3) is 0.333. The summed E-state index contributed by atoms with van der Waals surface area (Å²) in [6.07, 6.45) is 5.09. The topological polar surface area (TPSA) is 71.8 Å². The molecule has 1 aromatic rings. The monoisotopic (exact) mass is 138 g/mol. The van der Waals surface area contributed by atoms with E-state index in [2.05, 4.69) is 16.2 Å². The molecule has 4 nitrogen and oxygen atoms in total. The zero-order chi connectivity index (χ0) is 7.40. The van der Waals surface area contributed by atoms with Gasteiger partial charge in [-0.3, -0.25) is 4.79 Å². The second-order valence-electron chi connectivity index (χ2n) is 1.94. The summed E-state index contributed by atoms with van der Waals surface area (Å²) in [6.45, 7) is 0. The van der Waals surface area contributed by atoms with E-state index >= 15 is 0 Å². The normalized spacial score (nSPS) is 9.60. The molecule has 0 aliphatic heterocycles. The van der Waals surface area contributed by atoms with Gasteiger partial charge in [-0.05, 0) is 0 Å². The molecule has 1 rings (SSSR count). The molecule has 0 aliphatic rings. The number of nitrogens with zero attached hydrogens (tertiary/aromatic N) is 1. The Morgan fingerprint density at radius 1 is 1.90 bits per heavy atom. The van der Waals surface area contributed by atoms with E-state index < -0.39 is 0 Å². The van der Waals surface area contributed by atoms with Crippen LogP contribution in [0.15, 0.2) is 6.20 Å². The quantitative estimate of drug-likeness (QED) is 0.598. The molecule has 0 aliphatic carbocycles. The van der Waals surface area contributed by atoms with Crippen LogP contribution in [0.5, 0.6) is 0 Å². The van der Waals surface area contributed by atoms with Crippen molar-refractivity contribution in [3.8, 4) is 0 Å². The molecule has 10 heavy (non-hydrogen) atoms. The molecule has 0 aromatic carbocycles. The van der Waals surface area contributed by atoms with Crippen molar-refractivity contribution in [2.45, 2.75) is 12.8 Å². The highest BCUT2D eigenvalue weighted by Crippen LogP contribution is 1.92. The molecular formula is C6H8N3O. The Bertz CT molecular complexity index is 205. The maximum absolute atomic E-state index is 10.3. The number of carbonyl (C=O) groups is 1. The third-order valence-corrected chi connectivity index (χ3v) is 1.11. The first-order valence-electron chi connectivity index (χ1n) is 2.97. The standard InChI is InChI=1S/C6H8N3O/c7-5(10)1-2-6-8-3-4-9-6/h3H,1-2H2,(H2,7,10)(H,8,9). The Morgan fingerprint density at radius 2 is 2.70 bits per heavy atom. The molecule has 0 atom stereocenters. The van der Waals surface area contributed by atoms with Gasteiger partial charge in [0.15, 0.2) is 0 Å². The SMILES string of the molecule is NC(=O)CCc1n[c]c[nH]1. The van der Waals surface area contributed by atoms with Crippen LogP contribution >= 0.6 is 0 Å². The van der Waals surface area contributed by atoms with E-state index in [9.17, 15) is 4.79 Å². The summed E-state index contributed by atoms with van der Waals surface area (Å²) in [6, 6.07) is 0. The van der Waals surface area contributed by atoms with Crippen LogP contribution in [0.3, 0.4) is 0 Å². The molecule has 1 radical (unpaired) electrons. The number of hydrogen-bond donors (Lipinski definition) is 2. The fourth-order valence-corrected chi connectivity index (χ4v) is 0.628. The number of nitrogens with two attached hydrogens (primary N) is 1. The van der Waals surface area contributed by atoms with E-state index in [1.54, 1.807) is 6.20 Å². The van der Waals surface area contributed by atoms with Crippen LogP contribution in [0.2, 0.25) is 0 Å². The molecular weight excluding hydrogens is 130 g/mol. The average molecular weight is 138 g/mol. The number of hydrogen-bond acceptors (Lipinski definition) is 2. The lowest BCUT2D eigenvalue weighted by atomic mass is 10.3. The molecule has 0 bridgehead atoms. The van der Waals surface area contributed by atoms with E-state index in [-0.39, 0.29) is 5.91 Å². The van der Waals surface area contributed by atoms with Gasteiger partial charge in [-0.2, -0.15) is 0 Å². The first-order chi connectivity index (χ1) is 4.79. The maximum Gasteiger partial charge on any atom is 0.217 e. The summed E-state index contributed by atoms with van der Waals surface area (Å²) in [7, 11) is 0. The zero-order valence-electron chi connectivity index (χ0n) is 5.42. The minimum absolute atomic E-state index is 0.309. The minimum atomic E-state index is -0.309. The van der Waals surface area contributed by atoms with Gasteiger partial charge in [-0.15, -0.1) is 0 Å². The molecule has 3 N–H and O–H groups in total. The van der Waals surface area contributed by atoms with E-state index in [0.29, 0.717) is 12.8 Å². The van der Waals surface area contributed by atoms with Crippen molar-refractivity contribution in [1.82, 2.24) is 9.97 Å². The zero-order valence-corrected chi connectivity index (χ0v) is 5.42. The highest BCUT2D eigenvalue weighted by molar-refractivity contribution is 5.73. The Morgan fingerprint density at radius 3 is 3.20 bits per heavy atom. The van der Waals surface area contributed by atoms with Crippen LogP contribution in [-0.4, -0.2) is 15.9 Å². The molecule has 1 aromatic heterocycles. The smallest absolute Gasteiger partial charge is 0.217 e. The second kappa shape index (κ2) is 3.00. The van der Waals surface area contributed by atoms with Crippen molar-refractivity contribution in [2.24, 2.45) is 5.73 Å². The fourth-order valence-electron chi connectivity index (χ4n) is 0.628. The molecule has 1 heterocycles. The molecule has 0 unspecified atom stereocenters. The van der Waals surface area contributed by atoms with Crippen molar-refractivity contribution in [3.63, 3.8) is 0 Å². The summed E-state index contributed by atoms with van der Waals surface area (Å²) >= 11 is 0. The summed E-state index contributed by atoms with van der Waals surface area (Å²) < 4.78 is 0. The lowest BCUT2D eigenvalue weighted by molar-refractivity contribution is -0.118. The van der Waals surface area contributed by atoms with Crippen molar-refractivity contribution in [2.75, 3.05) is 0 Å². The van der Waals surface area contributed by atoms with Gasteiger partial charge in [0.05, 0.1) is 0 Å². The first kappa shape index (κ1) is 6.80. The highest BCUT2D eigenvalue weighted by Gasteiger charge is 1.97. The van der Waals surface area contributed by atoms with Crippen molar-refractivity contribution >= 4 is 5.91 Å². The van der Waals surface area contributed by atoms with E-state index in [1.807, 2.05) is 0 Å². The van der Waals surface area contributed by atoms with Crippen molar-refractivity contribution < 1.29 is 4.79 Å². The van der Waals surface area contributed by atoms with Gasteiger partial charge in [0.1, 0.15) is 12.0 Å². The van der Waals surface area contributed by atoms with E-state index in [1.165, 1.54) is 0 Å². The van der Waals surface area contributed by atoms with Crippen LogP contribution in [-0.2, 0) is 11.2 Å². The lowest BCUT2D eigenvalue weighted by Crippen LogP contribution is -2.11. The minimum Gasteiger partial charge on any atom is -0.370 e. The Hall–Kier alpha value is -1.32. The lowest BCUT2D eigenvalue weighted by Gasteiger charge is -1.90. The van der Waals surface area contributed by atoms with Crippen LogP contribution in [0.1, 0.15) is 12.2 Å². The summed E-state index contributed by atoms with van der Waals surface area (Å²) in [5.41, 5.74) is 4.92. The second-order valence-corrected chi connectivity index (χ2v) is 1.94. The maximum atomic E-state index is 10.3. The Kier molecular flexibility index (Phi) is 2.04. The average Bonchev–Trinajstić information content (AvgIpc) is 2.34. The van der Waals surface area contributed by atoms with Gasteiger partial charge < -0.3 is 10.7 Å². The Balaban J connectivity index is 2.35. The summed E-state index contributed by atoms with van der Waals surface area (Å²) in [5.74, 6) is 0.440. The van der Waals surface area contributed by atoms with E-state index in [4.69, 9.17) is 5.73 Å². The highest BCUT2D eigenvalue weighted by atomic mass is 16.1. The predicted molar refractivity (Wildman–Crippen MR) is 34.9 cm³/mol.